The van der Waals surface area contributed by atoms with E-state index in [0.29, 0.717) is 18.0 Å². The maximum Gasteiger partial charge on any atom is 0.461 e. The molecule has 0 N–H and O–H groups in total. The molecular weight excluding hydrogens is 275 g/mol. The third-order valence-electron chi connectivity index (χ3n) is 6.31. The summed E-state index contributed by atoms with van der Waals surface area (Å²) in [6, 6.07) is 0. The second-order valence-corrected chi connectivity index (χ2v) is 8.56. The first-order chi connectivity index (χ1) is 10.4. The van der Waals surface area contributed by atoms with E-state index in [1.54, 1.807) is 0 Å². The average Bonchev–Trinajstić information content (AvgIpc) is 2.69. The molecule has 3 fully saturated rings. The largest absolute Gasteiger partial charge is 0.461 e. The van der Waals surface area contributed by atoms with Crippen LogP contribution >= 0.6 is 0 Å². The fourth-order valence-electron chi connectivity index (χ4n) is 4.05. The van der Waals surface area contributed by atoms with Crippen LogP contribution in [0.25, 0.3) is 0 Å². The Bertz CT molecular complexity index is 353. The third kappa shape index (κ3) is 3.54. The van der Waals surface area contributed by atoms with Gasteiger partial charge in [-0.2, -0.15) is 0 Å². The summed E-state index contributed by atoms with van der Waals surface area (Å²) >= 11 is 0. The lowest BCUT2D eigenvalue weighted by Gasteiger charge is -2.33. The first-order valence-electron chi connectivity index (χ1n) is 9.38. The quantitative estimate of drug-likeness (QED) is 0.705. The highest BCUT2D eigenvalue weighted by atomic mass is 16.7. The predicted octanol–water partition coefficient (Wildman–Crippen LogP) is 4.74. The molecule has 3 nitrogen and oxygen atoms in total. The lowest BCUT2D eigenvalue weighted by Crippen LogP contribution is -2.41. The average molecular weight is 308 g/mol. The molecule has 4 heteroatoms. The highest BCUT2D eigenvalue weighted by Gasteiger charge is 2.53. The standard InChI is InChI=1S/C18H33BO3/c1-17(2)18(3,4)22-19(21-17)14-10-12-16(13-11-14)20-15-8-6-5-7-9-15/h14-16H,5-13H2,1-4H3. The lowest BCUT2D eigenvalue weighted by molar-refractivity contribution is -0.0459. The van der Waals surface area contributed by atoms with Crippen LogP contribution in [0.2, 0.25) is 5.82 Å². The summed E-state index contributed by atoms with van der Waals surface area (Å²) in [5, 5.41) is 0. The molecule has 1 aliphatic heterocycles. The van der Waals surface area contributed by atoms with E-state index in [1.807, 2.05) is 0 Å². The van der Waals surface area contributed by atoms with Crippen molar-refractivity contribution in [2.24, 2.45) is 0 Å². The molecular formula is C18H33BO3. The van der Waals surface area contributed by atoms with Gasteiger partial charge in [-0.3, -0.25) is 0 Å². The summed E-state index contributed by atoms with van der Waals surface area (Å²) in [7, 11) is -0.0272. The normalized spacial score (nSPS) is 35.7. The minimum Gasteiger partial charge on any atom is -0.403 e. The Labute approximate surface area is 136 Å². The van der Waals surface area contributed by atoms with Crippen LogP contribution < -0.4 is 0 Å². The van der Waals surface area contributed by atoms with Crippen molar-refractivity contribution in [3.8, 4) is 0 Å². The molecule has 126 valence electrons. The van der Waals surface area contributed by atoms with Gasteiger partial charge < -0.3 is 14.0 Å². The first-order valence-corrected chi connectivity index (χ1v) is 9.38. The van der Waals surface area contributed by atoms with Gasteiger partial charge in [-0.1, -0.05) is 19.3 Å². The van der Waals surface area contributed by atoms with Crippen molar-refractivity contribution in [2.45, 2.75) is 115 Å². The Hall–Kier alpha value is -0.0551. The van der Waals surface area contributed by atoms with Crippen molar-refractivity contribution in [1.82, 2.24) is 0 Å². The van der Waals surface area contributed by atoms with Gasteiger partial charge in [0.05, 0.1) is 23.4 Å². The molecule has 3 rings (SSSR count). The van der Waals surface area contributed by atoms with Crippen molar-refractivity contribution in [1.29, 1.82) is 0 Å². The number of ether oxygens (including phenoxy) is 1. The molecule has 0 radical (unpaired) electrons. The van der Waals surface area contributed by atoms with Crippen LogP contribution in [-0.4, -0.2) is 30.5 Å². The zero-order valence-corrected chi connectivity index (χ0v) is 14.9. The Balaban J connectivity index is 1.46. The number of rotatable bonds is 3. The minimum absolute atomic E-state index is 0.0272. The molecule has 1 saturated heterocycles. The maximum atomic E-state index is 6.34. The molecule has 0 bridgehead atoms. The van der Waals surface area contributed by atoms with E-state index < -0.39 is 0 Å². The van der Waals surface area contributed by atoms with Crippen molar-refractivity contribution in [3.05, 3.63) is 0 Å². The molecule has 0 aromatic carbocycles. The van der Waals surface area contributed by atoms with Crippen LogP contribution in [0.3, 0.4) is 0 Å². The topological polar surface area (TPSA) is 27.7 Å². The Morgan fingerprint density at radius 3 is 1.77 bits per heavy atom. The molecule has 1 heterocycles. The van der Waals surface area contributed by atoms with E-state index >= 15 is 0 Å². The fourth-order valence-corrected chi connectivity index (χ4v) is 4.05. The number of hydrogen-bond acceptors (Lipinski definition) is 3. The molecule has 0 amide bonds. The van der Waals surface area contributed by atoms with Gasteiger partial charge in [0.15, 0.2) is 0 Å². The SMILES string of the molecule is CC1(C)OB(C2CCC(OC3CCCCC3)CC2)OC1(C)C. The molecule has 0 aromatic rings. The monoisotopic (exact) mass is 308 g/mol. The molecule has 3 aliphatic rings. The van der Waals surface area contributed by atoms with Gasteiger partial charge in [-0.15, -0.1) is 0 Å². The van der Waals surface area contributed by atoms with E-state index in [9.17, 15) is 0 Å². The van der Waals surface area contributed by atoms with E-state index in [-0.39, 0.29) is 18.3 Å². The summed E-state index contributed by atoms with van der Waals surface area (Å²) in [6.45, 7) is 8.57. The highest BCUT2D eigenvalue weighted by molar-refractivity contribution is 6.47. The summed E-state index contributed by atoms with van der Waals surface area (Å²) in [6.07, 6.45) is 12.4. The smallest absolute Gasteiger partial charge is 0.403 e. The Morgan fingerprint density at radius 1 is 0.727 bits per heavy atom. The van der Waals surface area contributed by atoms with E-state index in [1.165, 1.54) is 57.8 Å². The van der Waals surface area contributed by atoms with Crippen LogP contribution in [0, 0.1) is 0 Å². The Morgan fingerprint density at radius 2 is 1.23 bits per heavy atom. The van der Waals surface area contributed by atoms with Crippen LogP contribution in [0.4, 0.5) is 0 Å². The fraction of sp³-hybridized carbons (Fsp3) is 1.00. The summed E-state index contributed by atoms with van der Waals surface area (Å²) in [5.74, 6) is 0.534. The maximum absolute atomic E-state index is 6.34. The van der Waals surface area contributed by atoms with Gasteiger partial charge in [0.1, 0.15) is 0 Å². The van der Waals surface area contributed by atoms with Gasteiger partial charge in [0, 0.05) is 0 Å². The minimum atomic E-state index is -0.201. The van der Waals surface area contributed by atoms with Crippen molar-refractivity contribution in [3.63, 3.8) is 0 Å². The van der Waals surface area contributed by atoms with Crippen molar-refractivity contribution >= 4 is 7.12 Å². The second-order valence-electron chi connectivity index (χ2n) is 8.56. The molecule has 0 aromatic heterocycles. The molecule has 2 aliphatic carbocycles. The lowest BCUT2D eigenvalue weighted by atomic mass is 9.64. The van der Waals surface area contributed by atoms with E-state index in [4.69, 9.17) is 14.0 Å². The molecule has 0 spiro atoms. The van der Waals surface area contributed by atoms with E-state index in [0.717, 1.165) is 0 Å². The summed E-state index contributed by atoms with van der Waals surface area (Å²) in [5.41, 5.74) is -0.403. The second kappa shape index (κ2) is 6.45. The third-order valence-corrected chi connectivity index (χ3v) is 6.31. The van der Waals surface area contributed by atoms with Crippen LogP contribution in [0.15, 0.2) is 0 Å². The summed E-state index contributed by atoms with van der Waals surface area (Å²) in [4.78, 5) is 0. The van der Waals surface area contributed by atoms with Crippen LogP contribution in [0.5, 0.6) is 0 Å². The molecule has 0 atom stereocenters. The van der Waals surface area contributed by atoms with E-state index in [2.05, 4.69) is 27.7 Å². The zero-order valence-electron chi connectivity index (χ0n) is 14.9. The van der Waals surface area contributed by atoms with Crippen LogP contribution in [-0.2, 0) is 14.0 Å². The molecule has 22 heavy (non-hydrogen) atoms. The zero-order chi connectivity index (χ0) is 15.8. The predicted molar refractivity (Wildman–Crippen MR) is 90.0 cm³/mol. The highest BCUT2D eigenvalue weighted by Crippen LogP contribution is 2.44. The Kier molecular flexibility index (Phi) is 4.92. The van der Waals surface area contributed by atoms with Gasteiger partial charge in [0.25, 0.3) is 0 Å². The van der Waals surface area contributed by atoms with Gasteiger partial charge in [-0.25, -0.2) is 0 Å². The molecule has 2 saturated carbocycles. The van der Waals surface area contributed by atoms with Crippen LogP contribution in [0.1, 0.15) is 85.5 Å². The van der Waals surface area contributed by atoms with Crippen molar-refractivity contribution in [2.75, 3.05) is 0 Å². The van der Waals surface area contributed by atoms with Gasteiger partial charge in [0.2, 0.25) is 0 Å². The molecule has 0 unspecified atom stereocenters. The van der Waals surface area contributed by atoms with Crippen molar-refractivity contribution < 1.29 is 14.0 Å². The first kappa shape index (κ1) is 16.8. The van der Waals surface area contributed by atoms with Gasteiger partial charge in [-0.05, 0) is 72.0 Å². The number of hydrogen-bond donors (Lipinski definition) is 0. The van der Waals surface area contributed by atoms with Gasteiger partial charge >= 0.3 is 7.12 Å². The summed E-state index contributed by atoms with van der Waals surface area (Å²) < 4.78 is 18.8.